The standard InChI is InChI=1S/C8H17NO.2CH4/c1-5-7(4)8(10)9-6(2)3;;/h6-7H,5H2,1-4H3,(H,9,10);2*1H4. The summed E-state index contributed by atoms with van der Waals surface area (Å²) in [5, 5.41) is 2.85. The van der Waals surface area contributed by atoms with Crippen molar-refractivity contribution in [2.75, 3.05) is 0 Å². The van der Waals surface area contributed by atoms with Crippen LogP contribution in [0.1, 0.15) is 49.0 Å². The molecule has 0 saturated heterocycles. The van der Waals surface area contributed by atoms with E-state index in [9.17, 15) is 4.79 Å². The zero-order valence-electron chi connectivity index (χ0n) is 7.27. The fraction of sp³-hybridized carbons (Fsp3) is 0.900. The van der Waals surface area contributed by atoms with Crippen LogP contribution in [0, 0.1) is 5.92 Å². The molecule has 12 heavy (non-hydrogen) atoms. The maximum atomic E-state index is 11.1. The van der Waals surface area contributed by atoms with E-state index in [1.165, 1.54) is 0 Å². The molecule has 0 spiro atoms. The minimum atomic E-state index is 0. The Morgan fingerprint density at radius 2 is 1.67 bits per heavy atom. The Balaban J connectivity index is -0.000000405. The van der Waals surface area contributed by atoms with Gasteiger partial charge in [-0.25, -0.2) is 0 Å². The second-order valence-electron chi connectivity index (χ2n) is 2.97. The molecule has 1 atom stereocenters. The van der Waals surface area contributed by atoms with Crippen LogP contribution in [0.4, 0.5) is 0 Å². The van der Waals surface area contributed by atoms with Crippen molar-refractivity contribution >= 4 is 5.91 Å². The SMILES string of the molecule is C.C.CCC(C)C(=O)NC(C)C. The molecule has 0 heterocycles. The fourth-order valence-electron chi connectivity index (χ4n) is 0.612. The molecule has 0 aliphatic rings. The van der Waals surface area contributed by atoms with Crippen molar-refractivity contribution in [3.05, 3.63) is 0 Å². The summed E-state index contributed by atoms with van der Waals surface area (Å²) in [6, 6.07) is 0.265. The molecule has 0 fully saturated rings. The maximum Gasteiger partial charge on any atom is 0.223 e. The minimum absolute atomic E-state index is 0. The molecule has 0 aliphatic carbocycles. The molecule has 0 aromatic rings. The quantitative estimate of drug-likeness (QED) is 0.702. The van der Waals surface area contributed by atoms with Crippen LogP contribution in [0.2, 0.25) is 0 Å². The lowest BCUT2D eigenvalue weighted by molar-refractivity contribution is -0.125. The van der Waals surface area contributed by atoms with E-state index in [1.807, 2.05) is 27.7 Å². The van der Waals surface area contributed by atoms with E-state index in [-0.39, 0.29) is 32.7 Å². The topological polar surface area (TPSA) is 29.1 Å². The van der Waals surface area contributed by atoms with Gasteiger partial charge in [-0.05, 0) is 20.3 Å². The Morgan fingerprint density at radius 1 is 1.25 bits per heavy atom. The Bertz CT molecular complexity index is 110. The monoisotopic (exact) mass is 175 g/mol. The van der Waals surface area contributed by atoms with Gasteiger partial charge in [0.05, 0.1) is 0 Å². The van der Waals surface area contributed by atoms with Gasteiger partial charge in [-0.15, -0.1) is 0 Å². The van der Waals surface area contributed by atoms with Crippen LogP contribution in [0.15, 0.2) is 0 Å². The average molecular weight is 175 g/mol. The van der Waals surface area contributed by atoms with Gasteiger partial charge in [0.1, 0.15) is 0 Å². The molecule has 0 radical (unpaired) electrons. The first kappa shape index (κ1) is 17.5. The number of hydrogen-bond donors (Lipinski definition) is 1. The predicted octanol–water partition coefficient (Wildman–Crippen LogP) is 2.83. The number of carbonyl (C=O) groups excluding carboxylic acids is 1. The van der Waals surface area contributed by atoms with Gasteiger partial charge in [-0.3, -0.25) is 4.79 Å². The summed E-state index contributed by atoms with van der Waals surface area (Å²) < 4.78 is 0. The second kappa shape index (κ2) is 8.57. The molecule has 0 aromatic heterocycles. The highest BCUT2D eigenvalue weighted by atomic mass is 16.1. The lowest BCUT2D eigenvalue weighted by Gasteiger charge is -2.11. The van der Waals surface area contributed by atoms with Gasteiger partial charge in [0, 0.05) is 12.0 Å². The Morgan fingerprint density at radius 3 is 1.92 bits per heavy atom. The molecule has 2 nitrogen and oxygen atoms in total. The van der Waals surface area contributed by atoms with E-state index < -0.39 is 0 Å². The van der Waals surface area contributed by atoms with Crippen molar-refractivity contribution in [1.29, 1.82) is 0 Å². The summed E-state index contributed by atoms with van der Waals surface area (Å²) in [7, 11) is 0. The Hall–Kier alpha value is -0.530. The van der Waals surface area contributed by atoms with Crippen molar-refractivity contribution < 1.29 is 4.79 Å². The molecule has 1 unspecified atom stereocenters. The molecule has 76 valence electrons. The van der Waals surface area contributed by atoms with Gasteiger partial charge in [0.2, 0.25) is 5.91 Å². The van der Waals surface area contributed by atoms with Gasteiger partial charge in [-0.1, -0.05) is 28.7 Å². The van der Waals surface area contributed by atoms with Crippen molar-refractivity contribution in [1.82, 2.24) is 5.32 Å². The second-order valence-corrected chi connectivity index (χ2v) is 2.97. The van der Waals surface area contributed by atoms with Gasteiger partial charge in [0.15, 0.2) is 0 Å². The molecule has 0 saturated carbocycles. The lowest BCUT2D eigenvalue weighted by Crippen LogP contribution is -2.34. The van der Waals surface area contributed by atoms with Crippen molar-refractivity contribution in [2.24, 2.45) is 5.92 Å². The summed E-state index contributed by atoms with van der Waals surface area (Å²) >= 11 is 0. The average Bonchev–Trinajstić information content (AvgIpc) is 1.85. The molecule has 0 rings (SSSR count). The zero-order chi connectivity index (χ0) is 8.15. The summed E-state index contributed by atoms with van der Waals surface area (Å²) in [4.78, 5) is 11.1. The molecule has 1 N–H and O–H groups in total. The van der Waals surface area contributed by atoms with E-state index >= 15 is 0 Å². The van der Waals surface area contributed by atoms with Crippen LogP contribution in [0.25, 0.3) is 0 Å². The van der Waals surface area contributed by atoms with Crippen molar-refractivity contribution in [3.63, 3.8) is 0 Å². The van der Waals surface area contributed by atoms with Gasteiger partial charge in [-0.2, -0.15) is 0 Å². The van der Waals surface area contributed by atoms with Gasteiger partial charge < -0.3 is 5.32 Å². The van der Waals surface area contributed by atoms with E-state index in [0.29, 0.717) is 0 Å². The van der Waals surface area contributed by atoms with Gasteiger partial charge in [0.25, 0.3) is 0 Å². The number of nitrogens with one attached hydrogen (secondary N) is 1. The normalized spacial score (nSPS) is 11.1. The number of rotatable bonds is 3. The highest BCUT2D eigenvalue weighted by molar-refractivity contribution is 5.78. The van der Waals surface area contributed by atoms with E-state index in [0.717, 1.165) is 6.42 Å². The number of amides is 1. The zero-order valence-corrected chi connectivity index (χ0v) is 7.27. The first-order valence-corrected chi connectivity index (χ1v) is 3.88. The van der Waals surface area contributed by atoms with E-state index in [4.69, 9.17) is 0 Å². The van der Waals surface area contributed by atoms with Gasteiger partial charge >= 0.3 is 0 Å². The highest BCUT2D eigenvalue weighted by Gasteiger charge is 2.09. The maximum absolute atomic E-state index is 11.1. The van der Waals surface area contributed by atoms with E-state index in [2.05, 4.69) is 5.32 Å². The van der Waals surface area contributed by atoms with E-state index in [1.54, 1.807) is 0 Å². The Labute approximate surface area is 77.7 Å². The molecule has 1 amide bonds. The number of hydrogen-bond acceptors (Lipinski definition) is 1. The smallest absolute Gasteiger partial charge is 0.223 e. The largest absolute Gasteiger partial charge is 0.354 e. The minimum Gasteiger partial charge on any atom is -0.354 e. The third-order valence-electron chi connectivity index (χ3n) is 1.49. The summed E-state index contributed by atoms with van der Waals surface area (Å²) in [6.45, 7) is 7.91. The summed E-state index contributed by atoms with van der Waals surface area (Å²) in [5.74, 6) is 0.319. The summed E-state index contributed by atoms with van der Waals surface area (Å²) in [5.41, 5.74) is 0. The third-order valence-corrected chi connectivity index (χ3v) is 1.49. The molecule has 0 aromatic carbocycles. The van der Waals surface area contributed by atoms with Crippen molar-refractivity contribution in [3.8, 4) is 0 Å². The summed E-state index contributed by atoms with van der Waals surface area (Å²) in [6.07, 6.45) is 0.915. The van der Waals surface area contributed by atoms with Crippen LogP contribution in [-0.2, 0) is 4.79 Å². The fourth-order valence-corrected chi connectivity index (χ4v) is 0.612. The lowest BCUT2D eigenvalue weighted by atomic mass is 10.1. The molecular formula is C10H25NO. The highest BCUT2D eigenvalue weighted by Crippen LogP contribution is 1.99. The first-order valence-electron chi connectivity index (χ1n) is 3.88. The molecule has 0 aliphatic heterocycles. The third kappa shape index (κ3) is 7.58. The molecular weight excluding hydrogens is 150 g/mol. The predicted molar refractivity (Wildman–Crippen MR) is 56.2 cm³/mol. The van der Waals surface area contributed by atoms with Crippen LogP contribution in [0.5, 0.6) is 0 Å². The first-order chi connectivity index (χ1) is 4.57. The van der Waals surface area contributed by atoms with Crippen LogP contribution in [0.3, 0.4) is 0 Å². The Kier molecular flexibility index (Phi) is 12.5. The van der Waals surface area contributed by atoms with Crippen LogP contribution < -0.4 is 5.32 Å². The van der Waals surface area contributed by atoms with Crippen LogP contribution >= 0.6 is 0 Å². The molecule has 0 bridgehead atoms. The number of carbonyl (C=O) groups is 1. The van der Waals surface area contributed by atoms with Crippen LogP contribution in [-0.4, -0.2) is 11.9 Å². The molecule has 2 heteroatoms. The van der Waals surface area contributed by atoms with Crippen molar-refractivity contribution in [2.45, 2.75) is 55.0 Å².